The number of carbonyl (C=O) groups excluding carboxylic acids is 2. The molecular weight excluding hydrogens is 474 g/mol. The summed E-state index contributed by atoms with van der Waals surface area (Å²) in [6, 6.07) is 21.2. The van der Waals surface area contributed by atoms with Crippen molar-refractivity contribution >= 4 is 34.5 Å². The first-order chi connectivity index (χ1) is 18.0. The van der Waals surface area contributed by atoms with Crippen LogP contribution in [0, 0.1) is 12.3 Å². The number of aromatic nitrogens is 2. The van der Waals surface area contributed by atoms with Crippen molar-refractivity contribution in [3.05, 3.63) is 96.1 Å². The number of hydrogen-bond donors (Lipinski definition) is 3. The summed E-state index contributed by atoms with van der Waals surface area (Å²) in [5, 5.41) is 9.38. The fraction of sp³-hybridized carbons (Fsp3) is 0.258. The molecule has 7 heteroatoms. The SMILES string of the molecule is C=CC(=O)Nc1cccc(-n2c(NC(=O)c3ccc(C)cc3)nc3cc(CN[C@@H](C)C(C)(C)C)ccc32)c1. The second kappa shape index (κ2) is 11.0. The number of imidazole rings is 1. The molecule has 0 fully saturated rings. The van der Waals surface area contributed by atoms with Crippen LogP contribution in [0.4, 0.5) is 11.6 Å². The number of carbonyl (C=O) groups is 2. The molecule has 0 radical (unpaired) electrons. The average Bonchev–Trinajstić information content (AvgIpc) is 3.24. The van der Waals surface area contributed by atoms with Gasteiger partial charge >= 0.3 is 0 Å². The molecule has 3 aromatic carbocycles. The fourth-order valence-electron chi connectivity index (χ4n) is 3.95. The lowest BCUT2D eigenvalue weighted by Crippen LogP contribution is -2.37. The summed E-state index contributed by atoms with van der Waals surface area (Å²) in [6.07, 6.45) is 1.22. The third kappa shape index (κ3) is 6.18. The first-order valence-corrected chi connectivity index (χ1v) is 12.7. The summed E-state index contributed by atoms with van der Waals surface area (Å²) in [5.41, 5.74) is 5.82. The number of fused-ring (bicyclic) bond motifs is 1. The first-order valence-electron chi connectivity index (χ1n) is 12.7. The van der Waals surface area contributed by atoms with E-state index in [9.17, 15) is 9.59 Å². The highest BCUT2D eigenvalue weighted by atomic mass is 16.2. The van der Waals surface area contributed by atoms with Gasteiger partial charge in [0.2, 0.25) is 11.9 Å². The van der Waals surface area contributed by atoms with Crippen LogP contribution < -0.4 is 16.0 Å². The van der Waals surface area contributed by atoms with E-state index in [0.29, 0.717) is 29.8 Å². The average molecular weight is 510 g/mol. The molecule has 0 aliphatic heterocycles. The van der Waals surface area contributed by atoms with Gasteiger partial charge in [-0.3, -0.25) is 19.5 Å². The van der Waals surface area contributed by atoms with E-state index in [4.69, 9.17) is 4.98 Å². The Kier molecular flexibility index (Phi) is 7.78. The quantitative estimate of drug-likeness (QED) is 0.246. The number of anilines is 2. The summed E-state index contributed by atoms with van der Waals surface area (Å²) in [4.78, 5) is 29.8. The van der Waals surface area contributed by atoms with Crippen molar-refractivity contribution in [3.8, 4) is 5.69 Å². The molecule has 0 saturated heterocycles. The van der Waals surface area contributed by atoms with E-state index in [1.165, 1.54) is 6.08 Å². The molecule has 1 atom stereocenters. The van der Waals surface area contributed by atoms with Crippen molar-refractivity contribution in [3.63, 3.8) is 0 Å². The highest BCUT2D eigenvalue weighted by Gasteiger charge is 2.20. The van der Waals surface area contributed by atoms with Gasteiger partial charge in [-0.25, -0.2) is 4.98 Å². The van der Waals surface area contributed by atoms with E-state index < -0.39 is 0 Å². The lowest BCUT2D eigenvalue weighted by atomic mass is 9.88. The molecule has 0 bridgehead atoms. The van der Waals surface area contributed by atoms with E-state index in [1.807, 2.05) is 54.0 Å². The molecule has 0 unspecified atom stereocenters. The third-order valence-corrected chi connectivity index (χ3v) is 6.73. The van der Waals surface area contributed by atoms with Gasteiger partial charge in [-0.1, -0.05) is 57.2 Å². The normalized spacial score (nSPS) is 12.2. The van der Waals surface area contributed by atoms with Crippen LogP contribution in [0.3, 0.4) is 0 Å². The maximum atomic E-state index is 13.1. The smallest absolute Gasteiger partial charge is 0.257 e. The minimum Gasteiger partial charge on any atom is -0.322 e. The van der Waals surface area contributed by atoms with Crippen molar-refractivity contribution in [2.75, 3.05) is 10.6 Å². The molecule has 4 aromatic rings. The van der Waals surface area contributed by atoms with E-state index in [1.54, 1.807) is 18.2 Å². The summed E-state index contributed by atoms with van der Waals surface area (Å²) >= 11 is 0. The van der Waals surface area contributed by atoms with Crippen molar-refractivity contribution in [2.24, 2.45) is 5.41 Å². The van der Waals surface area contributed by atoms with Crippen LogP contribution in [0.25, 0.3) is 16.7 Å². The number of benzene rings is 3. The zero-order valence-electron chi connectivity index (χ0n) is 22.6. The molecular formula is C31H35N5O2. The molecule has 0 spiro atoms. The Morgan fingerprint density at radius 2 is 1.76 bits per heavy atom. The number of amides is 2. The molecule has 38 heavy (non-hydrogen) atoms. The molecule has 0 aliphatic rings. The van der Waals surface area contributed by atoms with Crippen LogP contribution >= 0.6 is 0 Å². The second-order valence-corrected chi connectivity index (χ2v) is 10.6. The number of nitrogens with one attached hydrogen (secondary N) is 3. The molecule has 4 rings (SSSR count). The minimum atomic E-state index is -0.299. The van der Waals surface area contributed by atoms with Crippen LogP contribution in [0.2, 0.25) is 0 Å². The zero-order valence-corrected chi connectivity index (χ0v) is 22.6. The van der Waals surface area contributed by atoms with Crippen LogP contribution in [-0.4, -0.2) is 27.4 Å². The van der Waals surface area contributed by atoms with Gasteiger partial charge in [0.05, 0.1) is 16.7 Å². The second-order valence-electron chi connectivity index (χ2n) is 10.6. The topological polar surface area (TPSA) is 88.1 Å². The lowest BCUT2D eigenvalue weighted by molar-refractivity contribution is -0.111. The summed E-state index contributed by atoms with van der Waals surface area (Å²) < 4.78 is 1.89. The number of nitrogens with zero attached hydrogens (tertiary/aromatic N) is 2. The monoisotopic (exact) mass is 509 g/mol. The molecule has 3 N–H and O–H groups in total. The molecule has 0 aliphatic carbocycles. The van der Waals surface area contributed by atoms with Gasteiger partial charge in [0, 0.05) is 23.8 Å². The largest absolute Gasteiger partial charge is 0.322 e. The van der Waals surface area contributed by atoms with Gasteiger partial charge in [-0.2, -0.15) is 0 Å². The van der Waals surface area contributed by atoms with Gasteiger partial charge in [-0.15, -0.1) is 0 Å². The van der Waals surface area contributed by atoms with E-state index in [0.717, 1.165) is 27.8 Å². The number of hydrogen-bond acceptors (Lipinski definition) is 4. The Bertz CT molecular complexity index is 1480. The Balaban J connectivity index is 1.74. The van der Waals surface area contributed by atoms with Crippen molar-refractivity contribution in [2.45, 2.75) is 47.2 Å². The molecule has 1 heterocycles. The van der Waals surface area contributed by atoms with Crippen LogP contribution in [-0.2, 0) is 11.3 Å². The van der Waals surface area contributed by atoms with E-state index in [2.05, 4.69) is 56.3 Å². The lowest BCUT2D eigenvalue weighted by Gasteiger charge is -2.28. The predicted octanol–water partition coefficient (Wildman–Crippen LogP) is 6.23. The zero-order chi connectivity index (χ0) is 27.4. The summed E-state index contributed by atoms with van der Waals surface area (Å²) in [7, 11) is 0. The Morgan fingerprint density at radius 1 is 1.03 bits per heavy atom. The molecule has 7 nitrogen and oxygen atoms in total. The Labute approximate surface area is 224 Å². The minimum absolute atomic E-state index is 0.144. The van der Waals surface area contributed by atoms with E-state index >= 15 is 0 Å². The number of rotatable bonds is 8. The molecule has 196 valence electrons. The van der Waals surface area contributed by atoms with Crippen molar-refractivity contribution < 1.29 is 9.59 Å². The summed E-state index contributed by atoms with van der Waals surface area (Å²) in [5.74, 6) is -0.156. The van der Waals surface area contributed by atoms with E-state index in [-0.39, 0.29) is 17.2 Å². The van der Waals surface area contributed by atoms with Gasteiger partial charge in [0.25, 0.3) is 5.91 Å². The van der Waals surface area contributed by atoms with Gasteiger partial charge in [-0.05, 0) is 73.4 Å². The molecule has 0 saturated carbocycles. The van der Waals surface area contributed by atoms with Gasteiger partial charge in [0.1, 0.15) is 0 Å². The summed E-state index contributed by atoms with van der Waals surface area (Å²) in [6.45, 7) is 15.0. The highest BCUT2D eigenvalue weighted by Crippen LogP contribution is 2.28. The molecule has 2 amide bonds. The van der Waals surface area contributed by atoms with Crippen molar-refractivity contribution in [1.82, 2.24) is 14.9 Å². The highest BCUT2D eigenvalue weighted by molar-refractivity contribution is 6.04. The van der Waals surface area contributed by atoms with Crippen molar-refractivity contribution in [1.29, 1.82) is 0 Å². The first kappa shape index (κ1) is 26.8. The number of aryl methyl sites for hydroxylation is 1. The molecule has 1 aromatic heterocycles. The van der Waals surface area contributed by atoms with Gasteiger partial charge < -0.3 is 10.6 Å². The third-order valence-electron chi connectivity index (χ3n) is 6.73. The maximum Gasteiger partial charge on any atom is 0.257 e. The predicted molar refractivity (Wildman–Crippen MR) is 155 cm³/mol. The van der Waals surface area contributed by atoms with Gasteiger partial charge in [0.15, 0.2) is 0 Å². The standard InChI is InChI=1S/C31H35N5O2/c1-7-28(37)33-24-9-8-10-25(18-24)36-27-16-13-22(19-32-21(3)31(4,5)6)17-26(27)34-30(36)35-29(38)23-14-11-20(2)12-15-23/h7-18,21,32H,1,19H2,2-6H3,(H,33,37)(H,34,35,38)/t21-/m0/s1. The van der Waals surface area contributed by atoms with Crippen LogP contribution in [0.5, 0.6) is 0 Å². The van der Waals surface area contributed by atoms with Crippen LogP contribution in [0.1, 0.15) is 49.2 Å². The fourth-order valence-corrected chi connectivity index (χ4v) is 3.95. The Hall–Kier alpha value is -4.23. The van der Waals surface area contributed by atoms with Crippen LogP contribution in [0.15, 0.2) is 79.4 Å². The Morgan fingerprint density at radius 3 is 2.45 bits per heavy atom. The maximum absolute atomic E-state index is 13.1.